The molecule has 5 heteroatoms. The van der Waals surface area contributed by atoms with Crippen LogP contribution in [0.15, 0.2) is 0 Å². The molecule has 4 aliphatic carbocycles. The van der Waals surface area contributed by atoms with Gasteiger partial charge >= 0.3 is 0 Å². The Kier molecular flexibility index (Phi) is 5.83. The molecule has 1 heterocycles. The van der Waals surface area contributed by atoms with Gasteiger partial charge in [-0.05, 0) is 70.1 Å². The lowest BCUT2D eigenvalue weighted by molar-refractivity contribution is -0.177. The van der Waals surface area contributed by atoms with Crippen molar-refractivity contribution < 1.29 is 14.6 Å². The number of hydrogen-bond acceptors (Lipinski definition) is 4. The Labute approximate surface area is 152 Å². The molecule has 24 heavy (non-hydrogen) atoms. The fourth-order valence-corrected chi connectivity index (χ4v) is 6.27. The Morgan fingerprint density at radius 2 is 1.54 bits per heavy atom. The number of nitrogens with zero attached hydrogens (tertiary/aromatic N) is 1. The molecule has 1 saturated heterocycles. The Balaban J connectivity index is 0.00000169. The van der Waals surface area contributed by atoms with Crippen LogP contribution >= 0.6 is 12.4 Å². The van der Waals surface area contributed by atoms with Gasteiger partial charge in [-0.1, -0.05) is 0 Å². The number of morpholine rings is 1. The zero-order valence-corrected chi connectivity index (χ0v) is 16.0. The highest BCUT2D eigenvalue weighted by Gasteiger charge is 2.51. The molecule has 5 fully saturated rings. The van der Waals surface area contributed by atoms with E-state index >= 15 is 0 Å². The molecule has 4 bridgehead atoms. The van der Waals surface area contributed by atoms with E-state index in [9.17, 15) is 5.11 Å². The maximum atomic E-state index is 10.5. The molecule has 1 N–H and O–H groups in total. The van der Waals surface area contributed by atoms with E-state index in [-0.39, 0.29) is 36.3 Å². The molecule has 5 aliphatic rings. The molecule has 0 aromatic rings. The second-order valence-corrected chi connectivity index (χ2v) is 9.04. The van der Waals surface area contributed by atoms with Crippen LogP contribution in [0.1, 0.15) is 52.4 Å². The van der Waals surface area contributed by atoms with Crippen LogP contribution in [-0.4, -0.2) is 60.2 Å². The summed E-state index contributed by atoms with van der Waals surface area (Å²) in [4.78, 5) is 2.33. The van der Waals surface area contributed by atoms with Gasteiger partial charge in [0.2, 0.25) is 0 Å². The van der Waals surface area contributed by atoms with Gasteiger partial charge in [-0.2, -0.15) is 0 Å². The molecule has 5 rings (SSSR count). The third-order valence-electron chi connectivity index (χ3n) is 6.53. The molecule has 3 unspecified atom stereocenters. The Hall–Kier alpha value is 0.130. The minimum Gasteiger partial charge on any atom is -0.389 e. The number of rotatable bonds is 5. The van der Waals surface area contributed by atoms with Crippen LogP contribution in [0.5, 0.6) is 0 Å². The third-order valence-corrected chi connectivity index (χ3v) is 6.53. The van der Waals surface area contributed by atoms with Gasteiger partial charge in [-0.3, -0.25) is 4.90 Å². The fraction of sp³-hybridized carbons (Fsp3) is 1.00. The number of β-amino-alcohol motifs (C(OH)–C–C–N with tert-alkyl or cyclic N) is 1. The van der Waals surface area contributed by atoms with Crippen molar-refractivity contribution in [3.05, 3.63) is 0 Å². The van der Waals surface area contributed by atoms with Crippen molar-refractivity contribution in [2.24, 2.45) is 17.8 Å². The molecule has 0 aromatic heterocycles. The molecule has 0 aromatic carbocycles. The SMILES string of the molecule is CC1CN(CC(O)COC23CC4CC(CC(C4)C2)C3)CC(C)O1.Cl. The van der Waals surface area contributed by atoms with Gasteiger partial charge in [0, 0.05) is 19.6 Å². The molecule has 3 atom stereocenters. The van der Waals surface area contributed by atoms with Crippen molar-refractivity contribution in [3.63, 3.8) is 0 Å². The first-order valence-electron chi connectivity index (χ1n) is 9.69. The maximum Gasteiger partial charge on any atom is 0.0900 e. The van der Waals surface area contributed by atoms with Crippen molar-refractivity contribution in [3.8, 4) is 0 Å². The second kappa shape index (κ2) is 7.40. The van der Waals surface area contributed by atoms with Gasteiger partial charge < -0.3 is 14.6 Å². The zero-order chi connectivity index (χ0) is 16.0. The van der Waals surface area contributed by atoms with Crippen molar-refractivity contribution in [2.45, 2.75) is 76.3 Å². The van der Waals surface area contributed by atoms with E-state index in [1.807, 2.05) is 0 Å². The summed E-state index contributed by atoms with van der Waals surface area (Å²) < 4.78 is 12.2. The lowest BCUT2D eigenvalue weighted by atomic mass is 9.54. The first-order chi connectivity index (χ1) is 11.0. The normalized spacial score (nSPS) is 45.9. The first-order valence-corrected chi connectivity index (χ1v) is 9.69. The summed E-state index contributed by atoms with van der Waals surface area (Å²) in [5.41, 5.74) is 0.112. The number of aliphatic hydroxyl groups excluding tert-OH is 1. The van der Waals surface area contributed by atoms with Crippen molar-refractivity contribution >= 4 is 12.4 Å². The minimum atomic E-state index is -0.375. The van der Waals surface area contributed by atoms with Gasteiger partial charge in [-0.15, -0.1) is 12.4 Å². The van der Waals surface area contributed by atoms with Crippen molar-refractivity contribution in [2.75, 3.05) is 26.2 Å². The second-order valence-electron chi connectivity index (χ2n) is 9.04. The molecule has 140 valence electrons. The van der Waals surface area contributed by atoms with Crippen LogP contribution in [0, 0.1) is 17.8 Å². The number of ether oxygens (including phenoxy) is 2. The molecule has 1 aliphatic heterocycles. The van der Waals surface area contributed by atoms with E-state index < -0.39 is 0 Å². The van der Waals surface area contributed by atoms with Gasteiger partial charge in [0.15, 0.2) is 0 Å². The van der Waals surface area contributed by atoms with Gasteiger partial charge in [0.25, 0.3) is 0 Å². The molecular formula is C19H34ClNO3. The van der Waals surface area contributed by atoms with E-state index in [2.05, 4.69) is 18.7 Å². The molecule has 0 amide bonds. The average molecular weight is 360 g/mol. The predicted molar refractivity (Wildman–Crippen MR) is 96.6 cm³/mol. The predicted octanol–water partition coefficient (Wildman–Crippen LogP) is 2.86. The lowest BCUT2D eigenvalue weighted by Crippen LogP contribution is -2.53. The maximum absolute atomic E-state index is 10.5. The van der Waals surface area contributed by atoms with Crippen molar-refractivity contribution in [1.29, 1.82) is 0 Å². The quantitative estimate of drug-likeness (QED) is 0.819. The van der Waals surface area contributed by atoms with E-state index in [1.165, 1.54) is 38.5 Å². The van der Waals surface area contributed by atoms with Gasteiger partial charge in [-0.25, -0.2) is 0 Å². The fourth-order valence-electron chi connectivity index (χ4n) is 6.27. The third kappa shape index (κ3) is 4.09. The van der Waals surface area contributed by atoms with Gasteiger partial charge in [0.1, 0.15) is 0 Å². The molecule has 4 nitrogen and oxygen atoms in total. The van der Waals surface area contributed by atoms with E-state index in [0.717, 1.165) is 30.8 Å². The minimum absolute atomic E-state index is 0. The summed E-state index contributed by atoms with van der Waals surface area (Å²) in [6, 6.07) is 0. The van der Waals surface area contributed by atoms with Crippen LogP contribution in [0.3, 0.4) is 0 Å². The molecule has 0 radical (unpaired) electrons. The Morgan fingerprint density at radius 1 is 1.04 bits per heavy atom. The Bertz CT molecular complexity index is 388. The summed E-state index contributed by atoms with van der Waals surface area (Å²) in [6.45, 7) is 7.27. The molecular weight excluding hydrogens is 326 g/mol. The van der Waals surface area contributed by atoms with E-state index in [4.69, 9.17) is 9.47 Å². The standard InChI is InChI=1S/C19H33NO3.ClH/c1-13-9-20(10-14(2)23-13)11-18(21)12-22-19-6-15-3-16(7-19)5-17(4-15)8-19;/h13-18,21H,3-12H2,1-2H3;1H. The zero-order valence-electron chi connectivity index (χ0n) is 15.2. The highest BCUT2D eigenvalue weighted by molar-refractivity contribution is 5.85. The highest BCUT2D eigenvalue weighted by atomic mass is 35.5. The Morgan fingerprint density at radius 3 is 2.04 bits per heavy atom. The monoisotopic (exact) mass is 359 g/mol. The highest BCUT2D eigenvalue weighted by Crippen LogP contribution is 2.57. The number of halogens is 1. The average Bonchev–Trinajstić information content (AvgIpc) is 2.42. The van der Waals surface area contributed by atoms with Crippen LogP contribution in [0.4, 0.5) is 0 Å². The summed E-state index contributed by atoms with van der Waals surface area (Å²) in [5, 5.41) is 10.5. The topological polar surface area (TPSA) is 41.9 Å². The van der Waals surface area contributed by atoms with Gasteiger partial charge in [0.05, 0.1) is 30.5 Å². The lowest BCUT2D eigenvalue weighted by Gasteiger charge is -2.56. The summed E-state index contributed by atoms with van der Waals surface area (Å²) >= 11 is 0. The van der Waals surface area contributed by atoms with Crippen LogP contribution in [0.2, 0.25) is 0 Å². The first kappa shape index (κ1) is 18.9. The summed E-state index contributed by atoms with van der Waals surface area (Å²) in [7, 11) is 0. The van der Waals surface area contributed by atoms with Crippen LogP contribution < -0.4 is 0 Å². The number of aliphatic hydroxyl groups is 1. The van der Waals surface area contributed by atoms with E-state index in [1.54, 1.807) is 0 Å². The number of hydrogen-bond donors (Lipinski definition) is 1. The van der Waals surface area contributed by atoms with Crippen LogP contribution in [-0.2, 0) is 9.47 Å². The van der Waals surface area contributed by atoms with Crippen LogP contribution in [0.25, 0.3) is 0 Å². The van der Waals surface area contributed by atoms with Crippen molar-refractivity contribution in [1.82, 2.24) is 4.90 Å². The smallest absolute Gasteiger partial charge is 0.0900 e. The molecule has 0 spiro atoms. The van der Waals surface area contributed by atoms with E-state index in [0.29, 0.717) is 13.2 Å². The largest absolute Gasteiger partial charge is 0.389 e. The molecule has 4 saturated carbocycles. The summed E-state index contributed by atoms with van der Waals surface area (Å²) in [6.07, 6.45) is 8.20. The summed E-state index contributed by atoms with van der Waals surface area (Å²) in [5.74, 6) is 2.71.